The number of halogens is 1. The average molecular weight is 375 g/mol. The molecule has 0 amide bonds. The van der Waals surface area contributed by atoms with E-state index in [4.69, 9.17) is 16.3 Å². The van der Waals surface area contributed by atoms with Crippen molar-refractivity contribution in [1.29, 1.82) is 0 Å². The molecular weight excluding hydrogens is 356 g/mol. The fraction of sp³-hybridized carbons (Fsp3) is 0.316. The first-order valence-electron chi connectivity index (χ1n) is 8.46. The fourth-order valence-electron chi connectivity index (χ4n) is 3.12. The predicted molar refractivity (Wildman–Crippen MR) is 99.8 cm³/mol. The fourth-order valence-corrected chi connectivity index (χ4v) is 3.41. The van der Waals surface area contributed by atoms with Crippen molar-refractivity contribution in [1.82, 2.24) is 0 Å². The number of carbonyl (C=O) groups excluding carboxylic acids is 1. The van der Waals surface area contributed by atoms with Gasteiger partial charge in [0.25, 0.3) is 5.69 Å². The highest BCUT2D eigenvalue weighted by Crippen LogP contribution is 2.32. The summed E-state index contributed by atoms with van der Waals surface area (Å²) >= 11 is 6.12. The molecule has 2 aromatic carbocycles. The molecule has 1 aliphatic rings. The normalized spacial score (nSPS) is 14.9. The smallest absolute Gasteiger partial charge is 0.338 e. The third kappa shape index (κ3) is 3.80. The molecule has 0 aromatic heterocycles. The standard InChI is InChI=1S/C19H19ClN2O4/c1-13(15-6-2-3-7-16(15)20)26-19(23)14-8-9-17(18(12-14)22(24)25)21-10-4-5-11-21/h2-3,6-9,12-13H,4-5,10-11H2,1H3/t13-/m0/s1. The van der Waals surface area contributed by atoms with Crippen molar-refractivity contribution in [3.63, 3.8) is 0 Å². The zero-order chi connectivity index (χ0) is 18.7. The van der Waals surface area contributed by atoms with Crippen molar-refractivity contribution in [3.8, 4) is 0 Å². The minimum Gasteiger partial charge on any atom is -0.454 e. The van der Waals surface area contributed by atoms with Crippen LogP contribution in [0.2, 0.25) is 5.02 Å². The van der Waals surface area contributed by atoms with E-state index in [0.717, 1.165) is 25.9 Å². The summed E-state index contributed by atoms with van der Waals surface area (Å²) in [6, 6.07) is 11.6. The Hall–Kier alpha value is -2.60. The lowest BCUT2D eigenvalue weighted by Crippen LogP contribution is -2.19. The number of carbonyl (C=O) groups is 1. The summed E-state index contributed by atoms with van der Waals surface area (Å²) in [4.78, 5) is 25.4. The molecule has 1 fully saturated rings. The van der Waals surface area contributed by atoms with E-state index < -0.39 is 17.0 Å². The quantitative estimate of drug-likeness (QED) is 0.428. The van der Waals surface area contributed by atoms with E-state index in [1.54, 1.807) is 43.3 Å². The Kier molecular flexibility index (Phi) is 5.42. The van der Waals surface area contributed by atoms with Crippen LogP contribution < -0.4 is 4.90 Å². The van der Waals surface area contributed by atoms with Crippen molar-refractivity contribution in [3.05, 3.63) is 68.7 Å². The van der Waals surface area contributed by atoms with Crippen LogP contribution in [0.3, 0.4) is 0 Å². The average Bonchev–Trinajstić information content (AvgIpc) is 3.15. The Labute approximate surface area is 156 Å². The first-order chi connectivity index (χ1) is 12.5. The van der Waals surface area contributed by atoms with E-state index in [-0.39, 0.29) is 11.3 Å². The van der Waals surface area contributed by atoms with E-state index in [2.05, 4.69) is 0 Å². The summed E-state index contributed by atoms with van der Waals surface area (Å²) in [6.45, 7) is 3.29. The molecule has 1 atom stereocenters. The minimum absolute atomic E-state index is 0.0771. The van der Waals surface area contributed by atoms with Gasteiger partial charge >= 0.3 is 5.97 Å². The van der Waals surface area contributed by atoms with Crippen LogP contribution in [0.15, 0.2) is 42.5 Å². The van der Waals surface area contributed by atoms with Gasteiger partial charge in [0, 0.05) is 29.7 Å². The highest BCUT2D eigenvalue weighted by atomic mass is 35.5. The lowest BCUT2D eigenvalue weighted by Gasteiger charge is -2.18. The molecule has 7 heteroatoms. The molecule has 0 aliphatic carbocycles. The molecule has 0 unspecified atom stereocenters. The van der Waals surface area contributed by atoms with Gasteiger partial charge in [-0.2, -0.15) is 0 Å². The largest absolute Gasteiger partial charge is 0.454 e. The summed E-state index contributed by atoms with van der Waals surface area (Å²) in [5, 5.41) is 12.0. The Morgan fingerprint density at radius 3 is 2.58 bits per heavy atom. The molecule has 0 spiro atoms. The Morgan fingerprint density at radius 1 is 1.23 bits per heavy atom. The number of anilines is 1. The molecule has 26 heavy (non-hydrogen) atoms. The zero-order valence-corrected chi connectivity index (χ0v) is 15.1. The van der Waals surface area contributed by atoms with E-state index in [1.807, 2.05) is 4.90 Å². The van der Waals surface area contributed by atoms with Gasteiger partial charge < -0.3 is 9.64 Å². The number of ether oxygens (including phenoxy) is 1. The first kappa shape index (κ1) is 18.2. The lowest BCUT2D eigenvalue weighted by atomic mass is 10.1. The number of hydrogen-bond acceptors (Lipinski definition) is 5. The molecule has 136 valence electrons. The van der Waals surface area contributed by atoms with Gasteiger partial charge in [0.05, 0.1) is 10.5 Å². The van der Waals surface area contributed by atoms with Crippen LogP contribution >= 0.6 is 11.6 Å². The molecule has 3 rings (SSSR count). The maximum atomic E-state index is 12.4. The molecule has 0 radical (unpaired) electrons. The Bertz CT molecular complexity index is 834. The van der Waals surface area contributed by atoms with Gasteiger partial charge in [-0.15, -0.1) is 0 Å². The van der Waals surface area contributed by atoms with Gasteiger partial charge in [0.1, 0.15) is 11.8 Å². The van der Waals surface area contributed by atoms with Crippen molar-refractivity contribution in [2.24, 2.45) is 0 Å². The van der Waals surface area contributed by atoms with Gasteiger partial charge in [-0.3, -0.25) is 10.1 Å². The number of benzene rings is 2. The summed E-state index contributed by atoms with van der Waals surface area (Å²) in [7, 11) is 0. The first-order valence-corrected chi connectivity index (χ1v) is 8.84. The van der Waals surface area contributed by atoms with E-state index >= 15 is 0 Å². The van der Waals surface area contributed by atoms with Crippen molar-refractivity contribution < 1.29 is 14.5 Å². The van der Waals surface area contributed by atoms with Gasteiger partial charge in [-0.05, 0) is 38.0 Å². The summed E-state index contributed by atoms with van der Waals surface area (Å²) in [5.74, 6) is -0.617. The van der Waals surface area contributed by atoms with E-state index in [1.165, 1.54) is 6.07 Å². The zero-order valence-electron chi connectivity index (χ0n) is 14.4. The topological polar surface area (TPSA) is 72.7 Å². The molecule has 0 bridgehead atoms. The van der Waals surface area contributed by atoms with Crippen LogP contribution in [-0.4, -0.2) is 24.0 Å². The summed E-state index contributed by atoms with van der Waals surface area (Å²) in [5.41, 5.74) is 1.30. The van der Waals surface area contributed by atoms with Gasteiger partial charge in [0.15, 0.2) is 0 Å². The minimum atomic E-state index is -0.617. The number of nitro benzene ring substituents is 1. The molecule has 1 saturated heterocycles. The SMILES string of the molecule is C[C@H](OC(=O)c1ccc(N2CCCC2)c([N+](=O)[O-])c1)c1ccccc1Cl. The molecule has 0 saturated carbocycles. The third-order valence-corrected chi connectivity index (χ3v) is 4.83. The van der Waals surface area contributed by atoms with Gasteiger partial charge in [0.2, 0.25) is 0 Å². The molecule has 2 aromatic rings. The van der Waals surface area contributed by atoms with E-state index in [9.17, 15) is 14.9 Å². The number of nitro groups is 1. The van der Waals surface area contributed by atoms with Gasteiger partial charge in [-0.25, -0.2) is 4.79 Å². The van der Waals surface area contributed by atoms with Crippen LogP contribution in [0.25, 0.3) is 0 Å². The summed E-state index contributed by atoms with van der Waals surface area (Å²) < 4.78 is 5.44. The van der Waals surface area contributed by atoms with Crippen molar-refractivity contribution >= 4 is 28.9 Å². The maximum absolute atomic E-state index is 12.4. The number of hydrogen-bond donors (Lipinski definition) is 0. The van der Waals surface area contributed by atoms with Gasteiger partial charge in [-0.1, -0.05) is 29.8 Å². The second-order valence-electron chi connectivity index (χ2n) is 6.22. The van der Waals surface area contributed by atoms with Crippen LogP contribution in [-0.2, 0) is 4.74 Å². The van der Waals surface area contributed by atoms with Crippen LogP contribution in [0.1, 0.15) is 41.8 Å². The second-order valence-corrected chi connectivity index (χ2v) is 6.63. The molecule has 1 heterocycles. The van der Waals surface area contributed by atoms with Crippen LogP contribution in [0.4, 0.5) is 11.4 Å². The number of rotatable bonds is 5. The molecule has 1 aliphatic heterocycles. The lowest BCUT2D eigenvalue weighted by molar-refractivity contribution is -0.384. The molecular formula is C19H19ClN2O4. The van der Waals surface area contributed by atoms with Crippen LogP contribution in [0.5, 0.6) is 0 Å². The molecule has 0 N–H and O–H groups in total. The number of nitrogens with zero attached hydrogens (tertiary/aromatic N) is 2. The highest BCUT2D eigenvalue weighted by Gasteiger charge is 2.25. The third-order valence-electron chi connectivity index (χ3n) is 4.48. The monoisotopic (exact) mass is 374 g/mol. The van der Waals surface area contributed by atoms with E-state index in [0.29, 0.717) is 16.3 Å². The number of esters is 1. The van der Waals surface area contributed by atoms with Crippen LogP contribution in [0, 0.1) is 10.1 Å². The summed E-state index contributed by atoms with van der Waals surface area (Å²) in [6.07, 6.45) is 1.46. The van der Waals surface area contributed by atoms with Crippen molar-refractivity contribution in [2.75, 3.05) is 18.0 Å². The Balaban J connectivity index is 1.82. The Morgan fingerprint density at radius 2 is 1.92 bits per heavy atom. The second kappa shape index (κ2) is 7.74. The van der Waals surface area contributed by atoms with Crippen molar-refractivity contribution in [2.45, 2.75) is 25.9 Å². The molecule has 6 nitrogen and oxygen atoms in total. The maximum Gasteiger partial charge on any atom is 0.338 e. The highest BCUT2D eigenvalue weighted by molar-refractivity contribution is 6.31. The predicted octanol–water partition coefficient (Wildman–Crippen LogP) is 4.77.